The Morgan fingerprint density at radius 1 is 1.26 bits per heavy atom. The Bertz CT molecular complexity index is 548. The highest BCUT2D eigenvalue weighted by Crippen LogP contribution is 2.16. The molecule has 3 nitrogen and oxygen atoms in total. The van der Waals surface area contributed by atoms with E-state index in [1.54, 1.807) is 6.07 Å². The van der Waals surface area contributed by atoms with E-state index in [1.165, 1.54) is 17.8 Å². The lowest BCUT2D eigenvalue weighted by Crippen LogP contribution is -2.20. The van der Waals surface area contributed by atoms with Crippen molar-refractivity contribution in [1.82, 2.24) is 9.78 Å². The minimum atomic E-state index is -0.252. The van der Waals surface area contributed by atoms with Crippen LogP contribution in [-0.2, 0) is 19.4 Å². The maximum atomic E-state index is 13.2. The molecule has 0 bridgehead atoms. The molecule has 1 atom stereocenters. The smallest absolute Gasteiger partial charge is 0.123 e. The number of hydrogen-bond donors (Lipinski definition) is 1. The Hall–Kier alpha value is -1.68. The summed E-state index contributed by atoms with van der Waals surface area (Å²) >= 11 is 0. The predicted molar refractivity (Wildman–Crippen MR) is 74.3 cm³/mol. The summed E-state index contributed by atoms with van der Waals surface area (Å²) < 4.78 is 15.1. The Labute approximate surface area is 113 Å². The molecule has 0 aliphatic heterocycles. The molecule has 19 heavy (non-hydrogen) atoms. The first-order valence-electron chi connectivity index (χ1n) is 6.70. The first-order valence-corrected chi connectivity index (χ1v) is 6.70. The molecule has 2 aromatic rings. The fourth-order valence-electron chi connectivity index (χ4n) is 2.16. The van der Waals surface area contributed by atoms with Gasteiger partial charge in [-0.1, -0.05) is 26.0 Å². The van der Waals surface area contributed by atoms with Gasteiger partial charge in [0.05, 0.1) is 12.2 Å². The SMILES string of the molecule is CCc1cc(CC)n(CC(N)c2cccc(F)c2)n1. The van der Waals surface area contributed by atoms with Crippen LogP contribution in [0.2, 0.25) is 0 Å². The van der Waals surface area contributed by atoms with E-state index in [4.69, 9.17) is 5.73 Å². The first kappa shape index (κ1) is 13.7. The normalized spacial score (nSPS) is 12.6. The molecule has 102 valence electrons. The summed E-state index contributed by atoms with van der Waals surface area (Å²) in [6.07, 6.45) is 1.83. The van der Waals surface area contributed by atoms with Crippen LogP contribution in [0.5, 0.6) is 0 Å². The molecule has 2 rings (SSSR count). The number of aryl methyl sites for hydroxylation is 2. The van der Waals surface area contributed by atoms with Gasteiger partial charge in [-0.05, 0) is 36.6 Å². The van der Waals surface area contributed by atoms with E-state index in [1.807, 2.05) is 10.7 Å². The highest BCUT2D eigenvalue weighted by molar-refractivity contribution is 5.20. The molecule has 0 saturated carbocycles. The second-order valence-corrected chi connectivity index (χ2v) is 4.68. The van der Waals surface area contributed by atoms with E-state index in [0.717, 1.165) is 24.1 Å². The van der Waals surface area contributed by atoms with Crippen molar-refractivity contribution in [3.63, 3.8) is 0 Å². The Morgan fingerprint density at radius 3 is 2.68 bits per heavy atom. The maximum Gasteiger partial charge on any atom is 0.123 e. The average Bonchev–Trinajstić information content (AvgIpc) is 2.81. The van der Waals surface area contributed by atoms with Crippen LogP contribution in [0.4, 0.5) is 4.39 Å². The van der Waals surface area contributed by atoms with Gasteiger partial charge in [0.15, 0.2) is 0 Å². The summed E-state index contributed by atoms with van der Waals surface area (Å²) in [5, 5.41) is 4.53. The molecule has 0 aliphatic rings. The summed E-state index contributed by atoms with van der Waals surface area (Å²) in [4.78, 5) is 0. The summed E-state index contributed by atoms with van der Waals surface area (Å²) in [6, 6.07) is 8.32. The van der Waals surface area contributed by atoms with Crippen molar-refractivity contribution < 1.29 is 4.39 Å². The molecule has 1 aromatic heterocycles. The standard InChI is InChI=1S/C15H20FN3/c1-3-13-9-14(4-2)19(18-13)10-15(17)11-6-5-7-12(16)8-11/h5-9,15H,3-4,10,17H2,1-2H3. The zero-order valence-corrected chi connectivity index (χ0v) is 11.4. The largest absolute Gasteiger partial charge is 0.322 e. The lowest BCUT2D eigenvalue weighted by molar-refractivity contribution is 0.505. The quantitative estimate of drug-likeness (QED) is 0.899. The number of benzene rings is 1. The van der Waals surface area contributed by atoms with Crippen molar-refractivity contribution >= 4 is 0 Å². The predicted octanol–water partition coefficient (Wildman–Crippen LogP) is 2.85. The molecular weight excluding hydrogens is 241 g/mol. The van der Waals surface area contributed by atoms with Gasteiger partial charge >= 0.3 is 0 Å². The second kappa shape index (κ2) is 5.97. The average molecular weight is 261 g/mol. The minimum absolute atomic E-state index is 0.245. The lowest BCUT2D eigenvalue weighted by atomic mass is 10.1. The molecule has 4 heteroatoms. The van der Waals surface area contributed by atoms with Crippen LogP contribution in [0.1, 0.15) is 36.8 Å². The van der Waals surface area contributed by atoms with Gasteiger partial charge in [-0.3, -0.25) is 4.68 Å². The van der Waals surface area contributed by atoms with Crippen LogP contribution in [0.3, 0.4) is 0 Å². The Morgan fingerprint density at radius 2 is 2.05 bits per heavy atom. The summed E-state index contributed by atoms with van der Waals surface area (Å²) in [6.45, 7) is 4.76. The van der Waals surface area contributed by atoms with Crippen LogP contribution in [0.25, 0.3) is 0 Å². The molecule has 1 unspecified atom stereocenters. The van der Waals surface area contributed by atoms with E-state index < -0.39 is 0 Å². The van der Waals surface area contributed by atoms with E-state index in [9.17, 15) is 4.39 Å². The highest BCUT2D eigenvalue weighted by atomic mass is 19.1. The van der Waals surface area contributed by atoms with Gasteiger partial charge in [0.1, 0.15) is 5.82 Å². The number of nitrogens with two attached hydrogens (primary N) is 1. The van der Waals surface area contributed by atoms with E-state index in [0.29, 0.717) is 6.54 Å². The third kappa shape index (κ3) is 3.20. The number of rotatable bonds is 5. The van der Waals surface area contributed by atoms with Crippen molar-refractivity contribution in [3.8, 4) is 0 Å². The highest BCUT2D eigenvalue weighted by Gasteiger charge is 2.11. The minimum Gasteiger partial charge on any atom is -0.322 e. The molecule has 0 fully saturated rings. The third-order valence-electron chi connectivity index (χ3n) is 3.28. The van der Waals surface area contributed by atoms with Gasteiger partial charge in [-0.25, -0.2) is 4.39 Å². The topological polar surface area (TPSA) is 43.8 Å². The van der Waals surface area contributed by atoms with Gasteiger partial charge in [-0.15, -0.1) is 0 Å². The fourth-order valence-corrected chi connectivity index (χ4v) is 2.16. The number of hydrogen-bond acceptors (Lipinski definition) is 2. The molecule has 0 aliphatic carbocycles. The van der Waals surface area contributed by atoms with Crippen LogP contribution in [-0.4, -0.2) is 9.78 Å². The molecule has 0 spiro atoms. The molecule has 0 amide bonds. The van der Waals surface area contributed by atoms with Crippen molar-refractivity contribution in [2.45, 2.75) is 39.3 Å². The summed E-state index contributed by atoms with van der Waals surface area (Å²) in [7, 11) is 0. The summed E-state index contributed by atoms with van der Waals surface area (Å²) in [5.74, 6) is -0.252. The zero-order valence-electron chi connectivity index (χ0n) is 11.4. The molecule has 0 radical (unpaired) electrons. The zero-order chi connectivity index (χ0) is 13.8. The Balaban J connectivity index is 2.18. The number of nitrogens with zero attached hydrogens (tertiary/aromatic N) is 2. The van der Waals surface area contributed by atoms with Gasteiger partial charge < -0.3 is 5.73 Å². The van der Waals surface area contributed by atoms with Crippen molar-refractivity contribution in [1.29, 1.82) is 0 Å². The molecule has 2 N–H and O–H groups in total. The van der Waals surface area contributed by atoms with Gasteiger partial charge in [0.25, 0.3) is 0 Å². The van der Waals surface area contributed by atoms with Gasteiger partial charge in [0.2, 0.25) is 0 Å². The van der Waals surface area contributed by atoms with E-state index >= 15 is 0 Å². The molecule has 0 saturated heterocycles. The third-order valence-corrected chi connectivity index (χ3v) is 3.28. The van der Waals surface area contributed by atoms with Crippen molar-refractivity contribution in [3.05, 3.63) is 53.1 Å². The lowest BCUT2D eigenvalue weighted by Gasteiger charge is -2.14. The second-order valence-electron chi connectivity index (χ2n) is 4.68. The van der Waals surface area contributed by atoms with Gasteiger partial charge in [-0.2, -0.15) is 5.10 Å². The Kier molecular flexibility index (Phi) is 4.32. The van der Waals surface area contributed by atoms with Crippen molar-refractivity contribution in [2.24, 2.45) is 5.73 Å². The summed E-state index contributed by atoms with van der Waals surface area (Å²) in [5.41, 5.74) is 9.19. The molecule has 1 aromatic carbocycles. The maximum absolute atomic E-state index is 13.2. The van der Waals surface area contributed by atoms with Gasteiger partial charge in [0, 0.05) is 11.7 Å². The first-order chi connectivity index (χ1) is 9.13. The van der Waals surface area contributed by atoms with E-state index in [2.05, 4.69) is 25.0 Å². The molecular formula is C15H20FN3. The van der Waals surface area contributed by atoms with Crippen LogP contribution >= 0.6 is 0 Å². The van der Waals surface area contributed by atoms with E-state index in [-0.39, 0.29) is 11.9 Å². The van der Waals surface area contributed by atoms with Crippen LogP contribution in [0.15, 0.2) is 30.3 Å². The monoisotopic (exact) mass is 261 g/mol. The van der Waals surface area contributed by atoms with Crippen LogP contribution < -0.4 is 5.73 Å². The number of aromatic nitrogens is 2. The fraction of sp³-hybridized carbons (Fsp3) is 0.400. The van der Waals surface area contributed by atoms with Crippen LogP contribution in [0, 0.1) is 5.82 Å². The molecule has 1 heterocycles. The van der Waals surface area contributed by atoms with Crippen molar-refractivity contribution in [2.75, 3.05) is 0 Å². The number of halogens is 1.